The number of anilines is 1. The second-order valence-corrected chi connectivity index (χ2v) is 6.86. The van der Waals surface area contributed by atoms with Crippen LogP contribution in [0.5, 0.6) is 0 Å². The predicted molar refractivity (Wildman–Crippen MR) is 78.6 cm³/mol. The smallest absolute Gasteiger partial charge is 0.207 e. The zero-order valence-corrected chi connectivity index (χ0v) is 12.4. The zero-order chi connectivity index (χ0) is 13.7. The van der Waals surface area contributed by atoms with Gasteiger partial charge in [-0.3, -0.25) is 9.59 Å². The fraction of sp³-hybridized carbons (Fsp3) is 0.583. The highest BCUT2D eigenvalue weighted by Gasteiger charge is 2.29. The molecule has 19 heavy (non-hydrogen) atoms. The Kier molecular flexibility index (Phi) is 5.21. The van der Waals surface area contributed by atoms with Gasteiger partial charge >= 0.3 is 0 Å². The van der Waals surface area contributed by atoms with E-state index in [1.807, 2.05) is 11.6 Å². The van der Waals surface area contributed by atoms with Crippen molar-refractivity contribution in [3.05, 3.63) is 11.6 Å². The quantitative estimate of drug-likeness (QED) is 0.854. The molecule has 0 atom stereocenters. The number of nitrogens with one attached hydrogen (secondary N) is 1. The van der Waals surface area contributed by atoms with E-state index in [4.69, 9.17) is 0 Å². The van der Waals surface area contributed by atoms with Crippen LogP contribution in [0.4, 0.5) is 5.13 Å². The molecule has 7 heteroatoms. The van der Waals surface area contributed by atoms with Crippen LogP contribution in [0, 0.1) is 0 Å². The highest BCUT2D eigenvalue weighted by atomic mass is 32.2. The normalized spacial score (nSPS) is 18.1. The molecule has 2 heterocycles. The monoisotopic (exact) mass is 299 g/mol. The summed E-state index contributed by atoms with van der Waals surface area (Å²) in [6, 6.07) is 0.530. The lowest BCUT2D eigenvalue weighted by Crippen LogP contribution is -2.49. The summed E-state index contributed by atoms with van der Waals surface area (Å²) in [4.78, 5) is 26.7. The van der Waals surface area contributed by atoms with Gasteiger partial charge in [0.05, 0.1) is 0 Å². The number of hydrogen-bond donors (Lipinski definition) is 1. The van der Waals surface area contributed by atoms with E-state index in [0.717, 1.165) is 24.6 Å². The van der Waals surface area contributed by atoms with Gasteiger partial charge in [0, 0.05) is 42.9 Å². The van der Waals surface area contributed by atoms with Crippen LogP contribution < -0.4 is 10.2 Å². The largest absolute Gasteiger partial charge is 0.356 e. The molecule has 1 saturated carbocycles. The van der Waals surface area contributed by atoms with Crippen molar-refractivity contribution in [2.45, 2.75) is 31.1 Å². The Hall–Kier alpha value is -1.08. The van der Waals surface area contributed by atoms with Crippen LogP contribution in [0.15, 0.2) is 11.6 Å². The van der Waals surface area contributed by atoms with Crippen molar-refractivity contribution in [2.75, 3.05) is 18.0 Å². The van der Waals surface area contributed by atoms with Crippen molar-refractivity contribution in [1.29, 1.82) is 0 Å². The third kappa shape index (κ3) is 4.83. The maximum Gasteiger partial charge on any atom is 0.207 e. The molecule has 0 radical (unpaired) electrons. The summed E-state index contributed by atoms with van der Waals surface area (Å²) in [5.41, 5.74) is 0. The molecule has 1 aromatic rings. The number of carbonyl (C=O) groups excluding carboxylic acids is 2. The van der Waals surface area contributed by atoms with Gasteiger partial charge in [-0.25, -0.2) is 4.98 Å². The molecule has 1 N–H and O–H groups in total. The minimum absolute atomic E-state index is 0.212. The lowest BCUT2D eigenvalue weighted by atomic mass is 10.2. The summed E-state index contributed by atoms with van der Waals surface area (Å²) in [6.07, 6.45) is 4.93. The Bertz CT molecular complexity index is 415. The molecule has 3 rings (SSSR count). The molecule has 2 fully saturated rings. The molecule has 0 bridgehead atoms. The van der Waals surface area contributed by atoms with Crippen LogP contribution in [0.1, 0.15) is 19.8 Å². The van der Waals surface area contributed by atoms with Gasteiger partial charge in [0.2, 0.25) is 6.41 Å². The molecule has 1 saturated heterocycles. The number of rotatable bonds is 4. The Morgan fingerprint density at radius 3 is 2.74 bits per heavy atom. The fourth-order valence-corrected chi connectivity index (χ4v) is 3.26. The molecule has 0 unspecified atom stereocenters. The van der Waals surface area contributed by atoms with Crippen LogP contribution >= 0.6 is 23.1 Å². The van der Waals surface area contributed by atoms with Gasteiger partial charge in [0.25, 0.3) is 0 Å². The lowest BCUT2D eigenvalue weighted by molar-refractivity contribution is -0.110. The maximum atomic E-state index is 10.8. The van der Waals surface area contributed by atoms with Crippen molar-refractivity contribution in [1.82, 2.24) is 10.3 Å². The zero-order valence-electron chi connectivity index (χ0n) is 10.7. The molecule has 104 valence electrons. The first-order valence-corrected chi connectivity index (χ1v) is 7.96. The van der Waals surface area contributed by atoms with E-state index in [9.17, 15) is 9.59 Å². The van der Waals surface area contributed by atoms with Crippen LogP contribution in [0.2, 0.25) is 0 Å². The molecule has 0 aromatic carbocycles. The molecular formula is C12H17N3O2S2. The van der Waals surface area contributed by atoms with Crippen molar-refractivity contribution in [3.63, 3.8) is 0 Å². The minimum Gasteiger partial charge on any atom is -0.356 e. The van der Waals surface area contributed by atoms with Crippen molar-refractivity contribution in [2.24, 2.45) is 0 Å². The summed E-state index contributed by atoms with van der Waals surface area (Å²) >= 11 is 3.09. The molecule has 1 aliphatic carbocycles. The van der Waals surface area contributed by atoms with Gasteiger partial charge in [0.1, 0.15) is 0 Å². The number of amides is 1. The summed E-state index contributed by atoms with van der Waals surface area (Å²) in [6.45, 7) is 3.53. The van der Waals surface area contributed by atoms with Gasteiger partial charge in [-0.05, 0) is 12.8 Å². The number of thioether (sulfide) groups is 1. The number of aromatic nitrogens is 1. The van der Waals surface area contributed by atoms with E-state index < -0.39 is 0 Å². The van der Waals surface area contributed by atoms with Crippen molar-refractivity contribution < 1.29 is 9.59 Å². The standard InChI is InChI=1S/C8H10N2OS2.C4H7NO/c1-6(11)13-7-4-10(5-7)8-9-2-3-12-8;6-3-5-4-1-2-4/h2-3,7H,4-5H2,1H3;3-4H,1-2H2,(H,5,6). The molecule has 5 nitrogen and oxygen atoms in total. The predicted octanol–water partition coefficient (Wildman–Crippen LogP) is 1.51. The van der Waals surface area contributed by atoms with Crippen molar-refractivity contribution in [3.8, 4) is 0 Å². The van der Waals surface area contributed by atoms with Gasteiger partial charge in [-0.1, -0.05) is 11.8 Å². The van der Waals surface area contributed by atoms with E-state index in [2.05, 4.69) is 15.2 Å². The Labute approximate surface area is 120 Å². The Balaban J connectivity index is 0.000000186. The van der Waals surface area contributed by atoms with Crippen LogP contribution in [0.25, 0.3) is 0 Å². The summed E-state index contributed by atoms with van der Waals surface area (Å²) < 4.78 is 0. The van der Waals surface area contributed by atoms with E-state index in [1.54, 1.807) is 18.3 Å². The average Bonchev–Trinajstić information content (AvgIpc) is 2.98. The van der Waals surface area contributed by atoms with Gasteiger partial charge in [-0.2, -0.15) is 0 Å². The van der Waals surface area contributed by atoms with E-state index >= 15 is 0 Å². The SMILES string of the molecule is CC(=O)SC1CN(c2nccs2)C1.O=CNC1CC1. The number of nitrogens with zero attached hydrogens (tertiary/aromatic N) is 2. The maximum absolute atomic E-state index is 10.8. The first kappa shape index (κ1) is 14.3. The number of thiazole rings is 1. The first-order valence-electron chi connectivity index (χ1n) is 6.20. The molecule has 1 amide bonds. The summed E-state index contributed by atoms with van der Waals surface area (Å²) in [7, 11) is 0. The van der Waals surface area contributed by atoms with Crippen LogP contribution in [-0.2, 0) is 9.59 Å². The average molecular weight is 299 g/mol. The molecule has 1 aromatic heterocycles. The molecule has 1 aliphatic heterocycles. The number of hydrogen-bond acceptors (Lipinski definition) is 6. The lowest BCUT2D eigenvalue weighted by Gasteiger charge is -2.37. The third-order valence-electron chi connectivity index (χ3n) is 2.75. The van der Waals surface area contributed by atoms with Crippen molar-refractivity contribution >= 4 is 39.8 Å². The summed E-state index contributed by atoms with van der Waals surface area (Å²) in [5.74, 6) is 0. The van der Waals surface area contributed by atoms with Gasteiger partial charge < -0.3 is 10.2 Å². The highest BCUT2D eigenvalue weighted by Crippen LogP contribution is 2.29. The fourth-order valence-electron chi connectivity index (χ4n) is 1.62. The number of carbonyl (C=O) groups is 2. The van der Waals surface area contributed by atoms with E-state index in [0.29, 0.717) is 11.3 Å². The third-order valence-corrected chi connectivity index (χ3v) is 4.55. The van der Waals surface area contributed by atoms with Gasteiger partial charge in [0.15, 0.2) is 10.2 Å². The minimum atomic E-state index is 0.212. The molecule has 2 aliphatic rings. The van der Waals surface area contributed by atoms with Crippen LogP contribution in [-0.4, -0.2) is 40.9 Å². The van der Waals surface area contributed by atoms with Crippen LogP contribution in [0.3, 0.4) is 0 Å². The Morgan fingerprint density at radius 1 is 1.58 bits per heavy atom. The van der Waals surface area contributed by atoms with E-state index in [-0.39, 0.29) is 5.12 Å². The topological polar surface area (TPSA) is 62.3 Å². The summed E-state index contributed by atoms with van der Waals surface area (Å²) in [5, 5.41) is 6.37. The van der Waals surface area contributed by atoms with E-state index in [1.165, 1.54) is 24.6 Å². The first-order chi connectivity index (χ1) is 9.19. The van der Waals surface area contributed by atoms with Gasteiger partial charge in [-0.15, -0.1) is 11.3 Å². The second-order valence-electron chi connectivity index (χ2n) is 4.51. The Morgan fingerprint density at radius 2 is 2.32 bits per heavy atom. The molecular weight excluding hydrogens is 282 g/mol. The molecule has 0 spiro atoms. The second kappa shape index (κ2) is 6.91. The highest BCUT2D eigenvalue weighted by molar-refractivity contribution is 8.14.